The van der Waals surface area contributed by atoms with Crippen molar-refractivity contribution in [3.05, 3.63) is 89.1 Å². The zero-order valence-electron chi connectivity index (χ0n) is 13.7. The van der Waals surface area contributed by atoms with E-state index in [0.29, 0.717) is 0 Å². The van der Waals surface area contributed by atoms with Gasteiger partial charge in [-0.1, -0.05) is 48.5 Å². The van der Waals surface area contributed by atoms with E-state index in [-0.39, 0.29) is 5.56 Å². The molecule has 0 aliphatic heterocycles. The number of amides is 1. The predicted octanol–water partition coefficient (Wildman–Crippen LogP) is 4.95. The molecule has 3 aromatic rings. The first-order chi connectivity index (χ1) is 12.7. The topological polar surface area (TPSA) is 52.9 Å². The van der Waals surface area contributed by atoms with Crippen LogP contribution in [0, 0.1) is 17.1 Å². The standard InChI is InChI=1S/C21H15FN2OS/c22-18-9-5-4-8-17(18)19(14-23)24-21(25)13-11-16-10-12-20(26-16)15-6-2-1-3-7-15/h1-13,19H,(H,24,25)/b13-11+. The fourth-order valence-corrected chi connectivity index (χ4v) is 3.35. The first-order valence-corrected chi connectivity index (χ1v) is 8.77. The minimum absolute atomic E-state index is 0.152. The zero-order valence-corrected chi connectivity index (χ0v) is 14.5. The summed E-state index contributed by atoms with van der Waals surface area (Å²) < 4.78 is 13.8. The Morgan fingerprint density at radius 1 is 1.08 bits per heavy atom. The maximum atomic E-state index is 13.8. The second-order valence-corrected chi connectivity index (χ2v) is 6.61. The lowest BCUT2D eigenvalue weighted by Crippen LogP contribution is -2.26. The van der Waals surface area contributed by atoms with E-state index in [0.717, 1.165) is 15.3 Å². The van der Waals surface area contributed by atoms with Crippen LogP contribution in [0.5, 0.6) is 0 Å². The van der Waals surface area contributed by atoms with Gasteiger partial charge in [-0.15, -0.1) is 11.3 Å². The van der Waals surface area contributed by atoms with Gasteiger partial charge in [-0.2, -0.15) is 5.26 Å². The van der Waals surface area contributed by atoms with Crippen molar-refractivity contribution in [2.75, 3.05) is 0 Å². The van der Waals surface area contributed by atoms with Crippen LogP contribution in [-0.4, -0.2) is 5.91 Å². The van der Waals surface area contributed by atoms with Crippen molar-refractivity contribution in [2.45, 2.75) is 6.04 Å². The highest BCUT2D eigenvalue weighted by molar-refractivity contribution is 7.16. The van der Waals surface area contributed by atoms with Gasteiger partial charge in [0.1, 0.15) is 11.9 Å². The van der Waals surface area contributed by atoms with Crippen LogP contribution in [-0.2, 0) is 4.79 Å². The fourth-order valence-electron chi connectivity index (χ4n) is 2.44. The SMILES string of the molecule is N#CC(NC(=O)/C=C/c1ccc(-c2ccccc2)s1)c1ccccc1F. The number of hydrogen-bond acceptors (Lipinski definition) is 3. The highest BCUT2D eigenvalue weighted by Crippen LogP contribution is 2.28. The van der Waals surface area contributed by atoms with Crippen molar-refractivity contribution in [3.63, 3.8) is 0 Å². The number of nitriles is 1. The van der Waals surface area contributed by atoms with E-state index in [1.165, 1.54) is 24.3 Å². The van der Waals surface area contributed by atoms with Gasteiger partial charge < -0.3 is 5.32 Å². The van der Waals surface area contributed by atoms with Gasteiger partial charge in [-0.25, -0.2) is 4.39 Å². The van der Waals surface area contributed by atoms with Crippen LogP contribution >= 0.6 is 11.3 Å². The fraction of sp³-hybridized carbons (Fsp3) is 0.0476. The molecule has 3 rings (SSSR count). The largest absolute Gasteiger partial charge is 0.333 e. The number of rotatable bonds is 5. The number of halogens is 1. The maximum absolute atomic E-state index is 13.8. The number of thiophene rings is 1. The van der Waals surface area contributed by atoms with Gasteiger partial charge in [0.2, 0.25) is 5.91 Å². The van der Waals surface area contributed by atoms with E-state index in [1.54, 1.807) is 23.5 Å². The first-order valence-electron chi connectivity index (χ1n) is 7.95. The third kappa shape index (κ3) is 4.24. The lowest BCUT2D eigenvalue weighted by atomic mass is 10.1. The van der Waals surface area contributed by atoms with Crippen LogP contribution in [0.1, 0.15) is 16.5 Å². The molecular weight excluding hydrogens is 347 g/mol. The van der Waals surface area contributed by atoms with E-state index in [4.69, 9.17) is 0 Å². The van der Waals surface area contributed by atoms with Crippen molar-refractivity contribution >= 4 is 23.3 Å². The zero-order chi connectivity index (χ0) is 18.4. The second kappa shape index (κ2) is 8.24. The monoisotopic (exact) mass is 362 g/mol. The maximum Gasteiger partial charge on any atom is 0.245 e. The molecule has 1 heterocycles. The minimum atomic E-state index is -1.03. The molecule has 0 aliphatic carbocycles. The summed E-state index contributed by atoms with van der Waals surface area (Å²) >= 11 is 1.56. The van der Waals surface area contributed by atoms with E-state index < -0.39 is 17.8 Å². The molecule has 0 fully saturated rings. The van der Waals surface area contributed by atoms with Crippen LogP contribution in [0.25, 0.3) is 16.5 Å². The molecule has 0 bridgehead atoms. The van der Waals surface area contributed by atoms with E-state index in [1.807, 2.05) is 48.5 Å². The normalized spacial score (nSPS) is 11.8. The lowest BCUT2D eigenvalue weighted by Gasteiger charge is -2.10. The Labute approximate surface area is 155 Å². The number of hydrogen-bond donors (Lipinski definition) is 1. The highest BCUT2D eigenvalue weighted by Gasteiger charge is 2.16. The quantitative estimate of drug-likeness (QED) is 0.653. The highest BCUT2D eigenvalue weighted by atomic mass is 32.1. The molecule has 1 aromatic heterocycles. The average molecular weight is 362 g/mol. The van der Waals surface area contributed by atoms with Crippen molar-refractivity contribution in [2.24, 2.45) is 0 Å². The number of carbonyl (C=O) groups is 1. The van der Waals surface area contributed by atoms with E-state index in [9.17, 15) is 14.4 Å². The molecule has 0 saturated heterocycles. The Morgan fingerprint density at radius 3 is 2.54 bits per heavy atom. The van der Waals surface area contributed by atoms with Crippen LogP contribution in [0.15, 0.2) is 72.8 Å². The van der Waals surface area contributed by atoms with Crippen molar-refractivity contribution < 1.29 is 9.18 Å². The average Bonchev–Trinajstić information content (AvgIpc) is 3.15. The molecule has 1 atom stereocenters. The van der Waals surface area contributed by atoms with Crippen LogP contribution in [0.2, 0.25) is 0 Å². The Bertz CT molecular complexity index is 973. The minimum Gasteiger partial charge on any atom is -0.333 e. The molecule has 26 heavy (non-hydrogen) atoms. The molecule has 128 valence electrons. The summed E-state index contributed by atoms with van der Waals surface area (Å²) in [7, 11) is 0. The second-order valence-electron chi connectivity index (χ2n) is 5.49. The predicted molar refractivity (Wildman–Crippen MR) is 102 cm³/mol. The summed E-state index contributed by atoms with van der Waals surface area (Å²) in [5, 5.41) is 11.7. The third-order valence-corrected chi connectivity index (χ3v) is 4.82. The van der Waals surface area contributed by atoms with Crippen molar-refractivity contribution in [1.82, 2.24) is 5.32 Å². The first kappa shape index (κ1) is 17.6. The molecule has 1 unspecified atom stereocenters. The Morgan fingerprint density at radius 2 is 1.81 bits per heavy atom. The summed E-state index contributed by atoms with van der Waals surface area (Å²) in [6, 6.07) is 20.7. The molecule has 0 spiro atoms. The summed E-state index contributed by atoms with van der Waals surface area (Å²) in [5.74, 6) is -0.969. The lowest BCUT2D eigenvalue weighted by molar-refractivity contribution is -0.116. The number of carbonyl (C=O) groups excluding carboxylic acids is 1. The molecule has 0 radical (unpaired) electrons. The van der Waals surface area contributed by atoms with Gasteiger partial charge in [0, 0.05) is 21.4 Å². The van der Waals surface area contributed by atoms with Gasteiger partial charge in [-0.05, 0) is 29.8 Å². The van der Waals surface area contributed by atoms with Crippen molar-refractivity contribution in [3.8, 4) is 16.5 Å². The molecule has 5 heteroatoms. The summed E-state index contributed by atoms with van der Waals surface area (Å²) in [4.78, 5) is 14.1. The van der Waals surface area contributed by atoms with Gasteiger partial charge in [-0.3, -0.25) is 4.79 Å². The van der Waals surface area contributed by atoms with Crippen LogP contribution in [0.3, 0.4) is 0 Å². The molecule has 3 nitrogen and oxygen atoms in total. The van der Waals surface area contributed by atoms with E-state index in [2.05, 4.69) is 5.32 Å². The summed E-state index contributed by atoms with van der Waals surface area (Å²) in [5.41, 5.74) is 1.27. The number of nitrogens with zero attached hydrogens (tertiary/aromatic N) is 1. The summed E-state index contributed by atoms with van der Waals surface area (Å²) in [6.45, 7) is 0. The molecule has 2 aromatic carbocycles. The van der Waals surface area contributed by atoms with Gasteiger partial charge in [0.05, 0.1) is 6.07 Å². The number of nitrogens with one attached hydrogen (secondary N) is 1. The molecular formula is C21H15FN2OS. The van der Waals surface area contributed by atoms with Crippen LogP contribution in [0.4, 0.5) is 4.39 Å². The van der Waals surface area contributed by atoms with Gasteiger partial charge >= 0.3 is 0 Å². The molecule has 1 N–H and O–H groups in total. The van der Waals surface area contributed by atoms with E-state index >= 15 is 0 Å². The Hall–Kier alpha value is -3.23. The number of benzene rings is 2. The Balaban J connectivity index is 1.67. The third-order valence-electron chi connectivity index (χ3n) is 3.72. The molecule has 0 saturated carbocycles. The Kier molecular flexibility index (Phi) is 5.57. The smallest absolute Gasteiger partial charge is 0.245 e. The summed E-state index contributed by atoms with van der Waals surface area (Å²) in [6.07, 6.45) is 3.04. The van der Waals surface area contributed by atoms with Crippen LogP contribution < -0.4 is 5.32 Å². The molecule has 0 aliphatic rings. The van der Waals surface area contributed by atoms with Gasteiger partial charge in [0.25, 0.3) is 0 Å². The van der Waals surface area contributed by atoms with Gasteiger partial charge in [0.15, 0.2) is 0 Å². The van der Waals surface area contributed by atoms with Crippen molar-refractivity contribution in [1.29, 1.82) is 5.26 Å². The molecule has 1 amide bonds.